The zero-order chi connectivity index (χ0) is 13.6. The summed E-state index contributed by atoms with van der Waals surface area (Å²) in [6, 6.07) is 5.25. The summed E-state index contributed by atoms with van der Waals surface area (Å²) in [5.74, 6) is 0.759. The molecule has 0 atom stereocenters. The summed E-state index contributed by atoms with van der Waals surface area (Å²) in [5.41, 5.74) is 1.03. The van der Waals surface area contributed by atoms with Crippen LogP contribution in [0.4, 0.5) is 0 Å². The molecule has 1 rings (SSSR count). The van der Waals surface area contributed by atoms with Gasteiger partial charge in [-0.1, -0.05) is 6.07 Å². The van der Waals surface area contributed by atoms with Gasteiger partial charge < -0.3 is 5.32 Å². The van der Waals surface area contributed by atoms with Gasteiger partial charge in [-0.15, -0.1) is 0 Å². The Morgan fingerprint density at radius 3 is 2.67 bits per heavy atom. The van der Waals surface area contributed by atoms with Gasteiger partial charge in [0.2, 0.25) is 10.0 Å². The monoisotopic (exact) mass is 352 g/mol. The molecule has 0 saturated carbocycles. The van der Waals surface area contributed by atoms with Crippen molar-refractivity contribution in [2.75, 3.05) is 25.6 Å². The number of rotatable bonds is 7. The van der Waals surface area contributed by atoms with Crippen molar-refractivity contribution in [2.45, 2.75) is 11.4 Å². The van der Waals surface area contributed by atoms with E-state index >= 15 is 0 Å². The van der Waals surface area contributed by atoms with Crippen LogP contribution in [0, 0.1) is 0 Å². The van der Waals surface area contributed by atoms with E-state index in [9.17, 15) is 8.42 Å². The number of sulfonamides is 1. The van der Waals surface area contributed by atoms with E-state index in [2.05, 4.69) is 26.0 Å². The molecule has 0 aliphatic carbocycles. The van der Waals surface area contributed by atoms with E-state index in [1.165, 1.54) is 0 Å². The van der Waals surface area contributed by atoms with Crippen LogP contribution in [0.3, 0.4) is 0 Å². The van der Waals surface area contributed by atoms with E-state index in [0.717, 1.165) is 11.3 Å². The molecule has 2 N–H and O–H groups in total. The van der Waals surface area contributed by atoms with Crippen molar-refractivity contribution in [1.29, 1.82) is 0 Å². The number of hydrogen-bond acceptors (Lipinski definition) is 4. The molecule has 18 heavy (non-hydrogen) atoms. The van der Waals surface area contributed by atoms with Crippen molar-refractivity contribution < 1.29 is 8.42 Å². The maximum Gasteiger partial charge on any atom is 0.241 e. The van der Waals surface area contributed by atoms with Crippen LogP contribution in [0.5, 0.6) is 0 Å². The molecule has 0 aliphatic rings. The molecule has 0 fully saturated rings. The van der Waals surface area contributed by atoms with E-state index < -0.39 is 10.0 Å². The lowest BCUT2D eigenvalue weighted by molar-refractivity contribution is 0.583. The fourth-order valence-electron chi connectivity index (χ4n) is 1.43. The first-order chi connectivity index (χ1) is 8.51. The number of halogens is 1. The van der Waals surface area contributed by atoms with Crippen LogP contribution < -0.4 is 10.0 Å². The Bertz CT molecular complexity index is 492. The average Bonchev–Trinajstić information content (AvgIpc) is 2.29. The summed E-state index contributed by atoms with van der Waals surface area (Å²) >= 11 is 4.91. The van der Waals surface area contributed by atoms with Gasteiger partial charge >= 0.3 is 0 Å². The number of hydrogen-bond donors (Lipinski definition) is 2. The van der Waals surface area contributed by atoms with Crippen LogP contribution in [0.15, 0.2) is 27.6 Å². The summed E-state index contributed by atoms with van der Waals surface area (Å²) in [6.07, 6.45) is 1.94. The zero-order valence-corrected chi connectivity index (χ0v) is 13.6. The maximum atomic E-state index is 12.0. The van der Waals surface area contributed by atoms with Crippen LogP contribution >= 0.6 is 27.7 Å². The third kappa shape index (κ3) is 4.55. The lowest BCUT2D eigenvalue weighted by Gasteiger charge is -2.09. The van der Waals surface area contributed by atoms with E-state index in [-0.39, 0.29) is 4.90 Å². The first-order valence-electron chi connectivity index (χ1n) is 5.43. The zero-order valence-electron chi connectivity index (χ0n) is 10.4. The molecule has 0 aliphatic heterocycles. The molecule has 0 aromatic heterocycles. The van der Waals surface area contributed by atoms with E-state index in [4.69, 9.17) is 0 Å². The van der Waals surface area contributed by atoms with Gasteiger partial charge in [-0.2, -0.15) is 11.8 Å². The molecule has 0 radical (unpaired) electrons. The van der Waals surface area contributed by atoms with Gasteiger partial charge in [0.1, 0.15) is 0 Å². The molecule has 102 valence electrons. The quantitative estimate of drug-likeness (QED) is 0.734. The standard InChI is InChI=1S/C11H17BrN2O2S2/c1-13-8-9-3-4-11(10(12)7-9)18(15,16)14-5-6-17-2/h3-4,7,13-14H,5-6,8H2,1-2H3. The molecule has 0 amide bonds. The Hall–Kier alpha value is -0.0800. The molecule has 0 spiro atoms. The molecule has 0 bridgehead atoms. The summed E-state index contributed by atoms with van der Waals surface area (Å²) in [7, 11) is -1.58. The fourth-order valence-corrected chi connectivity index (χ4v) is 4.02. The maximum absolute atomic E-state index is 12.0. The largest absolute Gasteiger partial charge is 0.316 e. The van der Waals surface area contributed by atoms with Crippen molar-refractivity contribution in [3.8, 4) is 0 Å². The Morgan fingerprint density at radius 2 is 2.11 bits per heavy atom. The normalized spacial score (nSPS) is 11.7. The SMILES string of the molecule is CNCc1ccc(S(=O)(=O)NCCSC)c(Br)c1. The Labute approximate surface area is 121 Å². The summed E-state index contributed by atoms with van der Waals surface area (Å²) < 4.78 is 27.2. The van der Waals surface area contributed by atoms with Crippen LogP contribution in [-0.2, 0) is 16.6 Å². The fraction of sp³-hybridized carbons (Fsp3) is 0.455. The number of benzene rings is 1. The van der Waals surface area contributed by atoms with E-state index in [0.29, 0.717) is 17.6 Å². The van der Waals surface area contributed by atoms with Crippen molar-refractivity contribution in [3.63, 3.8) is 0 Å². The minimum absolute atomic E-state index is 0.281. The topological polar surface area (TPSA) is 58.2 Å². The van der Waals surface area contributed by atoms with Crippen molar-refractivity contribution >= 4 is 37.7 Å². The first-order valence-corrected chi connectivity index (χ1v) is 9.10. The Kier molecular flexibility index (Phi) is 6.65. The van der Waals surface area contributed by atoms with Crippen molar-refractivity contribution in [1.82, 2.24) is 10.0 Å². The molecule has 7 heteroatoms. The predicted octanol–water partition coefficient (Wildman–Crippen LogP) is 1.81. The molecular weight excluding hydrogens is 336 g/mol. The highest BCUT2D eigenvalue weighted by atomic mass is 79.9. The first kappa shape index (κ1) is 16.0. The molecule has 1 aromatic rings. The Morgan fingerprint density at radius 1 is 1.39 bits per heavy atom. The summed E-state index contributed by atoms with van der Waals surface area (Å²) in [6.45, 7) is 1.15. The van der Waals surface area contributed by atoms with E-state index in [1.807, 2.05) is 25.4 Å². The third-order valence-corrected chi connectivity index (χ3v) is 5.32. The minimum atomic E-state index is -3.43. The smallest absolute Gasteiger partial charge is 0.241 e. The van der Waals surface area contributed by atoms with Gasteiger partial charge in [0.05, 0.1) is 4.90 Å². The highest BCUT2D eigenvalue weighted by molar-refractivity contribution is 9.10. The van der Waals surface area contributed by atoms with Crippen LogP contribution in [0.2, 0.25) is 0 Å². The van der Waals surface area contributed by atoms with Crippen molar-refractivity contribution in [2.24, 2.45) is 0 Å². The molecular formula is C11H17BrN2O2S2. The Balaban J connectivity index is 2.88. The third-order valence-electron chi connectivity index (χ3n) is 2.26. The second-order valence-corrected chi connectivity index (χ2v) is 7.26. The second kappa shape index (κ2) is 7.49. The highest BCUT2D eigenvalue weighted by Gasteiger charge is 2.16. The molecule has 0 unspecified atom stereocenters. The second-order valence-electron chi connectivity index (χ2n) is 3.69. The van der Waals surface area contributed by atoms with Crippen LogP contribution in [-0.4, -0.2) is 34.0 Å². The number of nitrogens with one attached hydrogen (secondary N) is 2. The lowest BCUT2D eigenvalue weighted by Crippen LogP contribution is -2.26. The highest BCUT2D eigenvalue weighted by Crippen LogP contribution is 2.23. The molecule has 0 heterocycles. The van der Waals surface area contributed by atoms with Gasteiger partial charge in [-0.25, -0.2) is 13.1 Å². The van der Waals surface area contributed by atoms with Crippen LogP contribution in [0.25, 0.3) is 0 Å². The van der Waals surface area contributed by atoms with Gasteiger partial charge in [-0.05, 0) is 46.9 Å². The molecule has 4 nitrogen and oxygen atoms in total. The van der Waals surface area contributed by atoms with Gasteiger partial charge in [0.15, 0.2) is 0 Å². The lowest BCUT2D eigenvalue weighted by atomic mass is 10.2. The number of thioether (sulfide) groups is 1. The predicted molar refractivity (Wildman–Crippen MR) is 80.5 cm³/mol. The molecule has 1 aromatic carbocycles. The van der Waals surface area contributed by atoms with Gasteiger partial charge in [0, 0.05) is 23.3 Å². The summed E-state index contributed by atoms with van der Waals surface area (Å²) in [5, 5.41) is 3.02. The van der Waals surface area contributed by atoms with Crippen LogP contribution in [0.1, 0.15) is 5.56 Å². The van der Waals surface area contributed by atoms with Gasteiger partial charge in [0.25, 0.3) is 0 Å². The van der Waals surface area contributed by atoms with E-state index in [1.54, 1.807) is 17.8 Å². The average molecular weight is 353 g/mol. The molecule has 0 saturated heterocycles. The van der Waals surface area contributed by atoms with Gasteiger partial charge in [-0.3, -0.25) is 0 Å². The van der Waals surface area contributed by atoms with Crippen molar-refractivity contribution in [3.05, 3.63) is 28.2 Å². The minimum Gasteiger partial charge on any atom is -0.316 e. The summed E-state index contributed by atoms with van der Waals surface area (Å²) in [4.78, 5) is 0.281.